The third-order valence-electron chi connectivity index (χ3n) is 3.30. The molecule has 24 heavy (non-hydrogen) atoms. The molecule has 1 aromatic rings. The molecule has 2 rings (SSSR count). The van der Waals surface area contributed by atoms with Gasteiger partial charge in [-0.15, -0.1) is 0 Å². The van der Waals surface area contributed by atoms with E-state index in [9.17, 15) is 27.6 Å². The molecule has 130 valence electrons. The number of rotatable bonds is 4. The predicted molar refractivity (Wildman–Crippen MR) is 76.8 cm³/mol. The Hall–Kier alpha value is -2.58. The molecule has 0 aliphatic heterocycles. The van der Waals surface area contributed by atoms with Crippen LogP contribution in [-0.2, 0) is 11.2 Å². The van der Waals surface area contributed by atoms with Crippen molar-refractivity contribution in [2.75, 3.05) is 13.2 Å². The quantitative estimate of drug-likeness (QED) is 0.875. The fourth-order valence-electron chi connectivity index (χ4n) is 2.25. The first kappa shape index (κ1) is 17.8. The standard InChI is InChI=1S/C15H15F3N2O4/c16-15(17,18)8-19-14(23)20-13(22)7-24-10-4-5-11-9(6-10)2-1-3-12(11)21/h4-6H,1-3,7-8H2,(H2,19,20,22,23). The minimum atomic E-state index is -4.56. The third kappa shape index (κ3) is 5.25. The number of aryl methyl sites for hydroxylation is 1. The van der Waals surface area contributed by atoms with Crippen LogP contribution < -0.4 is 15.4 Å². The van der Waals surface area contributed by atoms with Gasteiger partial charge in [0.1, 0.15) is 12.3 Å². The van der Waals surface area contributed by atoms with Gasteiger partial charge in [0.25, 0.3) is 5.91 Å². The number of Topliss-reactive ketones (excluding diaryl/α,β-unsaturated/α-hetero) is 1. The zero-order chi connectivity index (χ0) is 17.7. The third-order valence-corrected chi connectivity index (χ3v) is 3.30. The Morgan fingerprint density at radius 1 is 1.21 bits per heavy atom. The fourth-order valence-corrected chi connectivity index (χ4v) is 2.25. The summed E-state index contributed by atoms with van der Waals surface area (Å²) in [5, 5.41) is 3.23. The second-order valence-electron chi connectivity index (χ2n) is 5.23. The van der Waals surface area contributed by atoms with Crippen molar-refractivity contribution in [2.45, 2.75) is 25.4 Å². The summed E-state index contributed by atoms with van der Waals surface area (Å²) < 4.78 is 40.9. The normalized spacial score (nSPS) is 13.9. The Morgan fingerprint density at radius 2 is 1.96 bits per heavy atom. The Kier molecular flexibility index (Phi) is 5.42. The van der Waals surface area contributed by atoms with Gasteiger partial charge >= 0.3 is 12.2 Å². The van der Waals surface area contributed by atoms with Crippen LogP contribution in [0.15, 0.2) is 18.2 Å². The number of carbonyl (C=O) groups excluding carboxylic acids is 3. The highest BCUT2D eigenvalue weighted by atomic mass is 19.4. The molecule has 0 atom stereocenters. The molecule has 0 bridgehead atoms. The van der Waals surface area contributed by atoms with E-state index in [1.807, 2.05) is 0 Å². The van der Waals surface area contributed by atoms with Crippen LogP contribution >= 0.6 is 0 Å². The molecule has 0 heterocycles. The van der Waals surface area contributed by atoms with Gasteiger partial charge in [-0.2, -0.15) is 13.2 Å². The molecule has 0 aromatic heterocycles. The van der Waals surface area contributed by atoms with Crippen LogP contribution in [0, 0.1) is 0 Å². The molecule has 6 nitrogen and oxygen atoms in total. The second-order valence-corrected chi connectivity index (χ2v) is 5.23. The average Bonchev–Trinajstić information content (AvgIpc) is 2.50. The molecular formula is C15H15F3N2O4. The zero-order valence-electron chi connectivity index (χ0n) is 12.5. The summed E-state index contributed by atoms with van der Waals surface area (Å²) in [6, 6.07) is 3.53. The zero-order valence-corrected chi connectivity index (χ0v) is 12.5. The van der Waals surface area contributed by atoms with Gasteiger partial charge < -0.3 is 10.1 Å². The summed E-state index contributed by atoms with van der Waals surface area (Å²) in [6.07, 6.45) is -2.58. The summed E-state index contributed by atoms with van der Waals surface area (Å²) in [5.74, 6) is -0.486. The van der Waals surface area contributed by atoms with Gasteiger partial charge in [0, 0.05) is 12.0 Å². The number of ether oxygens (including phenoxy) is 1. The summed E-state index contributed by atoms with van der Waals surface area (Å²) in [7, 11) is 0. The summed E-state index contributed by atoms with van der Waals surface area (Å²) >= 11 is 0. The first-order valence-corrected chi connectivity index (χ1v) is 7.18. The number of hydrogen-bond donors (Lipinski definition) is 2. The summed E-state index contributed by atoms with van der Waals surface area (Å²) in [6.45, 7) is -2.07. The van der Waals surface area contributed by atoms with Crippen molar-refractivity contribution >= 4 is 17.7 Å². The molecule has 9 heteroatoms. The highest BCUT2D eigenvalue weighted by Gasteiger charge is 2.28. The maximum Gasteiger partial charge on any atom is 0.405 e. The Labute approximate surface area is 135 Å². The van der Waals surface area contributed by atoms with E-state index in [4.69, 9.17) is 4.74 Å². The highest BCUT2D eigenvalue weighted by Crippen LogP contribution is 2.25. The monoisotopic (exact) mass is 344 g/mol. The molecule has 0 saturated heterocycles. The number of imide groups is 1. The summed E-state index contributed by atoms with van der Waals surface area (Å²) in [4.78, 5) is 34.2. The number of benzene rings is 1. The van der Waals surface area contributed by atoms with E-state index in [1.165, 1.54) is 11.4 Å². The van der Waals surface area contributed by atoms with Crippen molar-refractivity contribution in [1.82, 2.24) is 10.6 Å². The molecule has 1 aliphatic rings. The van der Waals surface area contributed by atoms with Crippen LogP contribution in [0.1, 0.15) is 28.8 Å². The molecule has 3 amide bonds. The van der Waals surface area contributed by atoms with Gasteiger partial charge in [-0.25, -0.2) is 4.79 Å². The smallest absolute Gasteiger partial charge is 0.405 e. The Bertz CT molecular complexity index is 659. The predicted octanol–water partition coefficient (Wildman–Crippen LogP) is 1.97. The van der Waals surface area contributed by atoms with Gasteiger partial charge in [-0.3, -0.25) is 14.9 Å². The number of alkyl halides is 3. The number of hydrogen-bond acceptors (Lipinski definition) is 4. The van der Waals surface area contributed by atoms with E-state index < -0.39 is 31.3 Å². The molecule has 0 unspecified atom stereocenters. The molecule has 0 radical (unpaired) electrons. The Balaban J connectivity index is 1.82. The lowest BCUT2D eigenvalue weighted by atomic mass is 9.91. The maximum absolute atomic E-state index is 11.9. The van der Waals surface area contributed by atoms with E-state index in [0.717, 1.165) is 18.4 Å². The van der Waals surface area contributed by atoms with Gasteiger partial charge in [-0.05, 0) is 36.6 Å². The van der Waals surface area contributed by atoms with Crippen LogP contribution in [0.3, 0.4) is 0 Å². The number of nitrogens with one attached hydrogen (secondary N) is 2. The number of carbonyl (C=O) groups is 3. The van der Waals surface area contributed by atoms with Gasteiger partial charge in [0.2, 0.25) is 0 Å². The van der Waals surface area contributed by atoms with Crippen molar-refractivity contribution in [3.8, 4) is 5.75 Å². The maximum atomic E-state index is 11.9. The lowest BCUT2D eigenvalue weighted by molar-refractivity contribution is -0.125. The van der Waals surface area contributed by atoms with Gasteiger partial charge in [-0.1, -0.05) is 0 Å². The topological polar surface area (TPSA) is 84.5 Å². The highest BCUT2D eigenvalue weighted by molar-refractivity contribution is 5.98. The number of amides is 3. The second kappa shape index (κ2) is 7.33. The molecule has 0 saturated carbocycles. The SMILES string of the molecule is O=C(COc1ccc2c(c1)CCCC2=O)NC(=O)NCC(F)(F)F. The largest absolute Gasteiger partial charge is 0.484 e. The minimum absolute atomic E-state index is 0.0573. The number of fused-ring (bicyclic) bond motifs is 1. The van der Waals surface area contributed by atoms with Crippen LogP contribution in [-0.4, -0.2) is 37.0 Å². The van der Waals surface area contributed by atoms with Crippen molar-refractivity contribution in [2.24, 2.45) is 0 Å². The van der Waals surface area contributed by atoms with Crippen molar-refractivity contribution in [3.05, 3.63) is 29.3 Å². The number of halogens is 3. The van der Waals surface area contributed by atoms with Crippen LogP contribution in [0.25, 0.3) is 0 Å². The number of urea groups is 1. The van der Waals surface area contributed by atoms with E-state index in [-0.39, 0.29) is 5.78 Å². The molecule has 2 N–H and O–H groups in total. The van der Waals surface area contributed by atoms with E-state index in [2.05, 4.69) is 0 Å². The van der Waals surface area contributed by atoms with Gasteiger partial charge in [0.05, 0.1) is 0 Å². The molecular weight excluding hydrogens is 329 g/mol. The summed E-state index contributed by atoms with van der Waals surface area (Å²) in [5.41, 5.74) is 1.46. The van der Waals surface area contributed by atoms with Crippen molar-refractivity contribution in [3.63, 3.8) is 0 Å². The lowest BCUT2D eigenvalue weighted by Crippen LogP contribution is -2.44. The fraction of sp³-hybridized carbons (Fsp3) is 0.400. The minimum Gasteiger partial charge on any atom is -0.484 e. The van der Waals surface area contributed by atoms with E-state index in [1.54, 1.807) is 17.4 Å². The van der Waals surface area contributed by atoms with Crippen molar-refractivity contribution in [1.29, 1.82) is 0 Å². The number of ketones is 1. The van der Waals surface area contributed by atoms with Crippen LogP contribution in [0.2, 0.25) is 0 Å². The lowest BCUT2D eigenvalue weighted by Gasteiger charge is -2.16. The van der Waals surface area contributed by atoms with E-state index >= 15 is 0 Å². The molecule has 0 spiro atoms. The average molecular weight is 344 g/mol. The Morgan fingerprint density at radius 3 is 2.67 bits per heavy atom. The first-order chi connectivity index (χ1) is 11.2. The molecule has 1 aromatic carbocycles. The van der Waals surface area contributed by atoms with Crippen LogP contribution in [0.4, 0.5) is 18.0 Å². The van der Waals surface area contributed by atoms with Crippen molar-refractivity contribution < 1.29 is 32.3 Å². The van der Waals surface area contributed by atoms with E-state index in [0.29, 0.717) is 17.7 Å². The van der Waals surface area contributed by atoms with Crippen LogP contribution in [0.5, 0.6) is 5.75 Å². The first-order valence-electron chi connectivity index (χ1n) is 7.18. The van der Waals surface area contributed by atoms with Gasteiger partial charge in [0.15, 0.2) is 12.4 Å². The molecule has 1 aliphatic carbocycles. The molecule has 0 fully saturated rings.